The highest BCUT2D eigenvalue weighted by atomic mass is 16.5. The maximum atomic E-state index is 9.50. The molecule has 0 bridgehead atoms. The van der Waals surface area contributed by atoms with Gasteiger partial charge in [-0.3, -0.25) is 4.90 Å². The molecule has 1 aliphatic rings. The number of benzene rings is 1. The molecule has 0 spiro atoms. The average Bonchev–Trinajstić information content (AvgIpc) is 3.10. The van der Waals surface area contributed by atoms with Crippen LogP contribution in [0.15, 0.2) is 42.6 Å². The van der Waals surface area contributed by atoms with Crippen LogP contribution in [0.4, 0.5) is 0 Å². The van der Waals surface area contributed by atoms with Crippen LogP contribution in [-0.2, 0) is 11.2 Å². The first-order valence-corrected chi connectivity index (χ1v) is 8.48. The van der Waals surface area contributed by atoms with Gasteiger partial charge in [0, 0.05) is 37.8 Å². The van der Waals surface area contributed by atoms with Crippen LogP contribution in [0.1, 0.15) is 11.4 Å². The Balaban J connectivity index is 1.62. The molecule has 6 heteroatoms. The Bertz CT molecular complexity index is 907. The summed E-state index contributed by atoms with van der Waals surface area (Å²) in [5.41, 5.74) is 3.20. The van der Waals surface area contributed by atoms with Crippen LogP contribution in [0.25, 0.3) is 16.8 Å². The quantitative estimate of drug-likeness (QED) is 0.732. The number of nitriles is 1. The summed E-state index contributed by atoms with van der Waals surface area (Å²) in [7, 11) is 0. The van der Waals surface area contributed by atoms with Gasteiger partial charge in [-0.15, -0.1) is 0 Å². The monoisotopic (exact) mass is 333 g/mol. The van der Waals surface area contributed by atoms with E-state index >= 15 is 0 Å². The van der Waals surface area contributed by atoms with E-state index in [1.54, 1.807) is 4.52 Å². The Morgan fingerprint density at radius 1 is 1.12 bits per heavy atom. The third-order valence-corrected chi connectivity index (χ3v) is 4.46. The van der Waals surface area contributed by atoms with Crippen molar-refractivity contribution in [3.63, 3.8) is 0 Å². The van der Waals surface area contributed by atoms with E-state index in [-0.39, 0.29) is 0 Å². The molecular weight excluding hydrogens is 314 g/mol. The maximum Gasteiger partial charge on any atom is 0.173 e. The molecule has 1 aliphatic heterocycles. The normalized spacial score (nSPS) is 15.3. The minimum Gasteiger partial charge on any atom is -0.379 e. The van der Waals surface area contributed by atoms with E-state index in [9.17, 15) is 5.26 Å². The van der Waals surface area contributed by atoms with E-state index < -0.39 is 0 Å². The molecule has 0 unspecified atom stereocenters. The second-order valence-corrected chi connectivity index (χ2v) is 6.12. The number of ether oxygens (including phenoxy) is 1. The van der Waals surface area contributed by atoms with E-state index in [1.807, 2.05) is 42.6 Å². The zero-order chi connectivity index (χ0) is 17.1. The van der Waals surface area contributed by atoms with Gasteiger partial charge in [0.05, 0.1) is 18.8 Å². The number of morpholine rings is 1. The average molecular weight is 333 g/mol. The molecule has 0 N–H and O–H groups in total. The number of fused-ring (bicyclic) bond motifs is 1. The van der Waals surface area contributed by atoms with Crippen molar-refractivity contribution in [2.45, 2.75) is 6.42 Å². The first-order chi connectivity index (χ1) is 12.3. The maximum absolute atomic E-state index is 9.50. The van der Waals surface area contributed by atoms with Crippen LogP contribution in [0.2, 0.25) is 0 Å². The van der Waals surface area contributed by atoms with E-state index in [2.05, 4.69) is 21.1 Å². The summed E-state index contributed by atoms with van der Waals surface area (Å²) < 4.78 is 7.10. The van der Waals surface area contributed by atoms with Gasteiger partial charge in [-0.05, 0) is 11.6 Å². The van der Waals surface area contributed by atoms with Crippen molar-refractivity contribution in [2.24, 2.45) is 0 Å². The first kappa shape index (κ1) is 15.8. The highest BCUT2D eigenvalue weighted by Gasteiger charge is 2.14. The van der Waals surface area contributed by atoms with Crippen molar-refractivity contribution < 1.29 is 4.74 Å². The molecule has 4 rings (SSSR count). The lowest BCUT2D eigenvalue weighted by Crippen LogP contribution is -2.37. The topological polar surface area (TPSA) is 66.5 Å². The predicted molar refractivity (Wildman–Crippen MR) is 94.1 cm³/mol. The molecule has 126 valence electrons. The molecule has 3 aromatic rings. The second kappa shape index (κ2) is 7.01. The Morgan fingerprint density at radius 3 is 2.68 bits per heavy atom. The van der Waals surface area contributed by atoms with Gasteiger partial charge in [-0.25, -0.2) is 9.50 Å². The van der Waals surface area contributed by atoms with Crippen molar-refractivity contribution in [1.82, 2.24) is 19.5 Å². The Labute approximate surface area is 146 Å². The Morgan fingerprint density at radius 2 is 1.92 bits per heavy atom. The lowest BCUT2D eigenvalue weighted by molar-refractivity contribution is 0.0382. The zero-order valence-corrected chi connectivity index (χ0v) is 13.9. The van der Waals surface area contributed by atoms with Crippen molar-refractivity contribution in [1.29, 1.82) is 5.26 Å². The molecule has 6 nitrogen and oxygen atoms in total. The fourth-order valence-corrected chi connectivity index (χ4v) is 3.09. The van der Waals surface area contributed by atoms with Gasteiger partial charge < -0.3 is 4.74 Å². The van der Waals surface area contributed by atoms with Gasteiger partial charge >= 0.3 is 0 Å². The molecule has 0 radical (unpaired) electrons. The second-order valence-electron chi connectivity index (χ2n) is 6.12. The van der Waals surface area contributed by atoms with Crippen LogP contribution in [0, 0.1) is 11.3 Å². The zero-order valence-electron chi connectivity index (χ0n) is 13.9. The van der Waals surface area contributed by atoms with Crippen molar-refractivity contribution >= 4 is 5.65 Å². The highest BCUT2D eigenvalue weighted by Crippen LogP contribution is 2.22. The van der Waals surface area contributed by atoms with Crippen LogP contribution in [0.3, 0.4) is 0 Å². The fraction of sp³-hybridized carbons (Fsp3) is 0.316. The number of nitrogens with zero attached hydrogens (tertiary/aromatic N) is 5. The minimum atomic E-state index is 0.548. The van der Waals surface area contributed by atoms with Gasteiger partial charge in [0.1, 0.15) is 6.07 Å². The molecule has 3 heterocycles. The Kier molecular flexibility index (Phi) is 4.42. The largest absolute Gasteiger partial charge is 0.379 e. The third kappa shape index (κ3) is 3.38. The number of hydrogen-bond acceptors (Lipinski definition) is 5. The van der Waals surface area contributed by atoms with E-state index in [0.717, 1.165) is 56.2 Å². The molecule has 2 aromatic heterocycles. The molecule has 0 aliphatic carbocycles. The molecule has 0 amide bonds. The van der Waals surface area contributed by atoms with Gasteiger partial charge in [-0.2, -0.15) is 10.4 Å². The summed E-state index contributed by atoms with van der Waals surface area (Å²) in [5, 5.41) is 14.1. The number of hydrogen-bond donors (Lipinski definition) is 0. The molecule has 1 saturated heterocycles. The fourth-order valence-electron chi connectivity index (χ4n) is 3.09. The van der Waals surface area contributed by atoms with Crippen LogP contribution in [0.5, 0.6) is 0 Å². The first-order valence-electron chi connectivity index (χ1n) is 8.48. The summed E-state index contributed by atoms with van der Waals surface area (Å²) >= 11 is 0. The summed E-state index contributed by atoms with van der Waals surface area (Å²) in [6.07, 6.45) is 2.71. The number of rotatable bonds is 4. The highest BCUT2D eigenvalue weighted by molar-refractivity contribution is 5.69. The predicted octanol–water partition coefficient (Wildman–Crippen LogP) is 2.14. The molecule has 1 aromatic carbocycles. The molecule has 0 saturated carbocycles. The summed E-state index contributed by atoms with van der Waals surface area (Å²) in [6, 6.07) is 14.1. The van der Waals surface area contributed by atoms with Gasteiger partial charge in [-0.1, -0.05) is 30.3 Å². The van der Waals surface area contributed by atoms with Crippen LogP contribution in [-0.4, -0.2) is 52.3 Å². The van der Waals surface area contributed by atoms with E-state index in [1.165, 1.54) is 0 Å². The third-order valence-electron chi connectivity index (χ3n) is 4.46. The standard InChI is InChI=1S/C19H19N5O/c20-13-16-12-17(15-4-2-1-3-5-15)14-24-19(16)21-18(22-24)6-7-23-8-10-25-11-9-23/h1-5,12,14H,6-11H2. The van der Waals surface area contributed by atoms with Gasteiger partial charge in [0.15, 0.2) is 11.5 Å². The summed E-state index contributed by atoms with van der Waals surface area (Å²) in [4.78, 5) is 6.93. The van der Waals surface area contributed by atoms with Crippen molar-refractivity contribution in [2.75, 3.05) is 32.8 Å². The lowest BCUT2D eigenvalue weighted by atomic mass is 10.1. The van der Waals surface area contributed by atoms with E-state index in [4.69, 9.17) is 4.74 Å². The summed E-state index contributed by atoms with van der Waals surface area (Å²) in [5.74, 6) is 0.771. The van der Waals surface area contributed by atoms with Gasteiger partial charge in [0.25, 0.3) is 0 Å². The van der Waals surface area contributed by atoms with Crippen molar-refractivity contribution in [3.8, 4) is 17.2 Å². The summed E-state index contributed by atoms with van der Waals surface area (Å²) in [6.45, 7) is 4.40. The number of aromatic nitrogens is 3. The van der Waals surface area contributed by atoms with E-state index in [0.29, 0.717) is 11.2 Å². The Hall–Kier alpha value is -2.75. The SMILES string of the molecule is N#Cc1cc(-c2ccccc2)cn2nc(CCN3CCOCC3)nc12. The molecule has 0 atom stereocenters. The smallest absolute Gasteiger partial charge is 0.173 e. The number of pyridine rings is 1. The minimum absolute atomic E-state index is 0.548. The van der Waals surface area contributed by atoms with Crippen LogP contribution >= 0.6 is 0 Å². The molecule has 25 heavy (non-hydrogen) atoms. The lowest BCUT2D eigenvalue weighted by Gasteiger charge is -2.25. The molecular formula is C19H19N5O. The van der Waals surface area contributed by atoms with Crippen molar-refractivity contribution in [3.05, 3.63) is 54.0 Å². The van der Waals surface area contributed by atoms with Gasteiger partial charge in [0.2, 0.25) is 0 Å². The molecule has 1 fully saturated rings. The van der Waals surface area contributed by atoms with Crippen LogP contribution < -0.4 is 0 Å².